The van der Waals surface area contributed by atoms with Gasteiger partial charge in [0.05, 0.1) is 0 Å². The zero-order valence-electron chi connectivity index (χ0n) is 10.9. The highest BCUT2D eigenvalue weighted by Gasteiger charge is 2.25. The smallest absolute Gasteiger partial charge is 0.229 e. The van der Waals surface area contributed by atoms with Gasteiger partial charge in [-0.3, -0.25) is 4.79 Å². The van der Waals surface area contributed by atoms with Crippen LogP contribution in [0.25, 0.3) is 0 Å². The summed E-state index contributed by atoms with van der Waals surface area (Å²) in [5.41, 5.74) is 0.908. The lowest BCUT2D eigenvalue weighted by atomic mass is 9.85. The maximum atomic E-state index is 13.1. The Morgan fingerprint density at radius 3 is 3.00 bits per heavy atom. The van der Waals surface area contributed by atoms with Crippen LogP contribution in [-0.4, -0.2) is 10.9 Å². The molecule has 1 heterocycles. The van der Waals surface area contributed by atoms with E-state index in [-0.39, 0.29) is 17.6 Å². The van der Waals surface area contributed by atoms with Crippen molar-refractivity contribution in [2.75, 3.05) is 5.32 Å². The first-order chi connectivity index (χ1) is 9.70. The Balaban J connectivity index is 1.63. The number of hydrogen-bond acceptors (Lipinski definition) is 3. The molecule has 1 aromatic carbocycles. The second-order valence-electron chi connectivity index (χ2n) is 5.06. The molecule has 104 valence electrons. The second-order valence-corrected chi connectivity index (χ2v) is 6.17. The molecule has 1 saturated carbocycles. The van der Waals surface area contributed by atoms with Crippen LogP contribution in [0.4, 0.5) is 9.52 Å². The van der Waals surface area contributed by atoms with Crippen LogP contribution >= 0.6 is 11.3 Å². The van der Waals surface area contributed by atoms with Crippen molar-refractivity contribution in [2.24, 2.45) is 5.92 Å². The molecule has 0 spiro atoms. The summed E-state index contributed by atoms with van der Waals surface area (Å²) in [6.07, 6.45) is 5.47. The van der Waals surface area contributed by atoms with Gasteiger partial charge >= 0.3 is 0 Å². The van der Waals surface area contributed by atoms with Crippen LogP contribution in [0.15, 0.2) is 30.5 Å². The summed E-state index contributed by atoms with van der Waals surface area (Å²) in [5, 5.41) is 3.49. The van der Waals surface area contributed by atoms with Crippen LogP contribution in [0.1, 0.15) is 29.7 Å². The number of thiazole rings is 1. The third-order valence-corrected chi connectivity index (χ3v) is 4.44. The normalized spacial score (nSPS) is 14.8. The van der Waals surface area contributed by atoms with Gasteiger partial charge in [0.1, 0.15) is 5.82 Å². The number of carbonyl (C=O) groups is 1. The predicted molar refractivity (Wildman–Crippen MR) is 77.3 cm³/mol. The minimum atomic E-state index is -0.231. The van der Waals surface area contributed by atoms with E-state index in [2.05, 4.69) is 10.3 Å². The number of anilines is 1. The van der Waals surface area contributed by atoms with Gasteiger partial charge in [-0.15, -0.1) is 11.3 Å². The molecule has 1 fully saturated rings. The van der Waals surface area contributed by atoms with E-state index in [1.165, 1.54) is 23.5 Å². The van der Waals surface area contributed by atoms with Crippen molar-refractivity contribution in [3.05, 3.63) is 46.7 Å². The number of amides is 1. The monoisotopic (exact) mass is 290 g/mol. The van der Waals surface area contributed by atoms with Crippen molar-refractivity contribution in [2.45, 2.75) is 25.7 Å². The van der Waals surface area contributed by atoms with E-state index >= 15 is 0 Å². The lowest BCUT2D eigenvalue weighted by Crippen LogP contribution is -2.27. The van der Waals surface area contributed by atoms with Crippen molar-refractivity contribution >= 4 is 22.4 Å². The summed E-state index contributed by atoms with van der Waals surface area (Å²) >= 11 is 1.45. The number of carbonyl (C=O) groups excluding carboxylic acids is 1. The maximum Gasteiger partial charge on any atom is 0.229 e. The lowest BCUT2D eigenvalue weighted by Gasteiger charge is -2.23. The Kier molecular flexibility index (Phi) is 3.78. The first kappa shape index (κ1) is 13.2. The van der Waals surface area contributed by atoms with Crippen LogP contribution in [0, 0.1) is 11.7 Å². The van der Waals surface area contributed by atoms with Crippen LogP contribution in [-0.2, 0) is 11.2 Å². The molecule has 1 aromatic heterocycles. The molecular weight excluding hydrogens is 275 g/mol. The standard InChI is InChI=1S/C15H15FN2OS/c16-12-6-1-3-10(7-12)8-13-9-17-15(20-13)18-14(19)11-4-2-5-11/h1,3,6-7,9,11H,2,4-5,8H2,(H,17,18,19). The average molecular weight is 290 g/mol. The molecule has 0 bridgehead atoms. The molecule has 3 nitrogen and oxygen atoms in total. The summed E-state index contributed by atoms with van der Waals surface area (Å²) in [7, 11) is 0. The van der Waals surface area contributed by atoms with Crippen molar-refractivity contribution in [3.8, 4) is 0 Å². The SMILES string of the molecule is O=C(Nc1ncc(Cc2cccc(F)c2)s1)C1CCC1. The number of nitrogens with zero attached hydrogens (tertiary/aromatic N) is 1. The van der Waals surface area contributed by atoms with Gasteiger partial charge in [0, 0.05) is 23.4 Å². The Labute approximate surface area is 120 Å². The van der Waals surface area contributed by atoms with Crippen LogP contribution in [0.3, 0.4) is 0 Å². The highest BCUT2D eigenvalue weighted by molar-refractivity contribution is 7.15. The van der Waals surface area contributed by atoms with Gasteiger partial charge in [0.15, 0.2) is 5.13 Å². The van der Waals surface area contributed by atoms with Gasteiger partial charge in [-0.05, 0) is 30.5 Å². The van der Waals surface area contributed by atoms with E-state index in [0.29, 0.717) is 11.6 Å². The fourth-order valence-corrected chi connectivity index (χ4v) is 3.02. The highest BCUT2D eigenvalue weighted by atomic mass is 32.1. The second kappa shape index (κ2) is 5.71. The van der Waals surface area contributed by atoms with E-state index in [4.69, 9.17) is 0 Å². The molecule has 1 aliphatic carbocycles. The Bertz CT molecular complexity index is 622. The molecule has 3 rings (SSSR count). The van der Waals surface area contributed by atoms with Gasteiger partial charge in [-0.2, -0.15) is 0 Å². The fourth-order valence-electron chi connectivity index (χ4n) is 2.17. The predicted octanol–water partition coefficient (Wildman–Crippen LogP) is 3.61. The molecule has 1 N–H and O–H groups in total. The van der Waals surface area contributed by atoms with Crippen molar-refractivity contribution < 1.29 is 9.18 Å². The van der Waals surface area contributed by atoms with Gasteiger partial charge in [0.25, 0.3) is 0 Å². The molecule has 0 saturated heterocycles. The minimum Gasteiger partial charge on any atom is -0.302 e. The molecule has 5 heteroatoms. The van der Waals surface area contributed by atoms with E-state index in [0.717, 1.165) is 29.7 Å². The number of nitrogens with one attached hydrogen (secondary N) is 1. The number of hydrogen-bond donors (Lipinski definition) is 1. The molecule has 1 amide bonds. The zero-order chi connectivity index (χ0) is 13.9. The van der Waals surface area contributed by atoms with Crippen molar-refractivity contribution in [3.63, 3.8) is 0 Å². The first-order valence-electron chi connectivity index (χ1n) is 6.71. The summed E-state index contributed by atoms with van der Waals surface area (Å²) in [6.45, 7) is 0. The first-order valence-corrected chi connectivity index (χ1v) is 7.52. The van der Waals surface area contributed by atoms with E-state index in [1.807, 2.05) is 6.07 Å². The Hall–Kier alpha value is -1.75. The van der Waals surface area contributed by atoms with Gasteiger partial charge in [0.2, 0.25) is 5.91 Å². The molecule has 0 radical (unpaired) electrons. The summed E-state index contributed by atoms with van der Waals surface area (Å²) < 4.78 is 13.1. The summed E-state index contributed by atoms with van der Waals surface area (Å²) in [5.74, 6) is -0.000926. The van der Waals surface area contributed by atoms with Gasteiger partial charge < -0.3 is 5.32 Å². The highest BCUT2D eigenvalue weighted by Crippen LogP contribution is 2.28. The average Bonchev–Trinajstić information content (AvgIpc) is 2.74. The minimum absolute atomic E-state index is 0.0721. The maximum absolute atomic E-state index is 13.1. The Morgan fingerprint density at radius 1 is 1.45 bits per heavy atom. The van der Waals surface area contributed by atoms with Crippen molar-refractivity contribution in [1.29, 1.82) is 0 Å². The zero-order valence-corrected chi connectivity index (χ0v) is 11.8. The van der Waals surface area contributed by atoms with Crippen LogP contribution < -0.4 is 5.32 Å². The third kappa shape index (κ3) is 3.04. The molecule has 1 aliphatic rings. The van der Waals surface area contributed by atoms with E-state index in [1.54, 1.807) is 12.3 Å². The van der Waals surface area contributed by atoms with Gasteiger partial charge in [-0.1, -0.05) is 18.6 Å². The van der Waals surface area contributed by atoms with Gasteiger partial charge in [-0.25, -0.2) is 9.37 Å². The number of aromatic nitrogens is 1. The summed E-state index contributed by atoms with van der Waals surface area (Å²) in [6, 6.07) is 6.53. The number of rotatable bonds is 4. The largest absolute Gasteiger partial charge is 0.302 e. The molecular formula is C15H15FN2OS. The summed E-state index contributed by atoms with van der Waals surface area (Å²) in [4.78, 5) is 17.0. The van der Waals surface area contributed by atoms with Crippen LogP contribution in [0.5, 0.6) is 0 Å². The van der Waals surface area contributed by atoms with Crippen LogP contribution in [0.2, 0.25) is 0 Å². The fraction of sp³-hybridized carbons (Fsp3) is 0.333. The molecule has 0 aliphatic heterocycles. The Morgan fingerprint density at radius 2 is 2.30 bits per heavy atom. The van der Waals surface area contributed by atoms with E-state index in [9.17, 15) is 9.18 Å². The molecule has 0 unspecified atom stereocenters. The lowest BCUT2D eigenvalue weighted by molar-refractivity contribution is -0.122. The topological polar surface area (TPSA) is 42.0 Å². The number of benzene rings is 1. The molecule has 0 atom stereocenters. The molecule has 2 aromatic rings. The third-order valence-electron chi connectivity index (χ3n) is 3.53. The quantitative estimate of drug-likeness (QED) is 0.934. The van der Waals surface area contributed by atoms with E-state index < -0.39 is 0 Å². The number of halogens is 1. The molecule has 20 heavy (non-hydrogen) atoms. The van der Waals surface area contributed by atoms with Crippen molar-refractivity contribution in [1.82, 2.24) is 4.98 Å².